The number of halogens is 1. The summed E-state index contributed by atoms with van der Waals surface area (Å²) in [7, 11) is 0. The highest BCUT2D eigenvalue weighted by Gasteiger charge is 2.57. The summed E-state index contributed by atoms with van der Waals surface area (Å²) in [6.45, 7) is 0. The Morgan fingerprint density at radius 2 is 2.00 bits per heavy atom. The average Bonchev–Trinajstić information content (AvgIpc) is 2.13. The first-order valence-electron chi connectivity index (χ1n) is 3.59. The molecule has 0 saturated carbocycles. The van der Waals surface area contributed by atoms with Gasteiger partial charge >= 0.3 is 10.7 Å². The zero-order valence-electron chi connectivity index (χ0n) is 7.03. The molecule has 0 aromatic rings. The van der Waals surface area contributed by atoms with Crippen LogP contribution in [0.5, 0.6) is 0 Å². The van der Waals surface area contributed by atoms with Gasteiger partial charge in [-0.3, -0.25) is 20.2 Å². The van der Waals surface area contributed by atoms with Crippen LogP contribution in [0.3, 0.4) is 0 Å². The van der Waals surface area contributed by atoms with E-state index in [1.165, 1.54) is 0 Å². The fraction of sp³-hybridized carbons (Fsp3) is 0.333. The van der Waals surface area contributed by atoms with Crippen LogP contribution in [0.15, 0.2) is 23.6 Å². The molecule has 0 aromatic heterocycles. The van der Waals surface area contributed by atoms with Gasteiger partial charge in [-0.2, -0.15) is 0 Å². The lowest BCUT2D eigenvalue weighted by molar-refractivity contribution is -0.548. The molecule has 1 rings (SSSR count). The SMILES string of the molecule is O=[N+]([O-])C1=C(O)C(Cl)([N+](=O)[O-])C(O)C=C1. The summed E-state index contributed by atoms with van der Waals surface area (Å²) in [5.74, 6) is -1.28. The normalized spacial score (nSPS) is 30.4. The fourth-order valence-electron chi connectivity index (χ4n) is 1.05. The number of aliphatic hydroxyl groups excluding tert-OH is 2. The minimum atomic E-state index is -2.79. The largest absolute Gasteiger partial charge is 0.500 e. The second-order valence-corrected chi connectivity index (χ2v) is 3.30. The van der Waals surface area contributed by atoms with Gasteiger partial charge in [0.05, 0.1) is 9.85 Å². The Labute approximate surface area is 87.4 Å². The molecule has 2 N–H and O–H groups in total. The second-order valence-electron chi connectivity index (χ2n) is 2.73. The summed E-state index contributed by atoms with van der Waals surface area (Å²) in [6.07, 6.45) is -0.310. The van der Waals surface area contributed by atoms with E-state index in [9.17, 15) is 30.4 Å². The molecule has 0 heterocycles. The Morgan fingerprint density at radius 3 is 2.40 bits per heavy atom. The zero-order chi connectivity index (χ0) is 11.8. The molecule has 2 unspecified atom stereocenters. The molecule has 0 bridgehead atoms. The Kier molecular flexibility index (Phi) is 2.65. The number of hydrogen-bond acceptors (Lipinski definition) is 6. The summed E-state index contributed by atoms with van der Waals surface area (Å²) >= 11 is 5.34. The number of rotatable bonds is 2. The summed E-state index contributed by atoms with van der Waals surface area (Å²) in [4.78, 5) is 15.9. The van der Waals surface area contributed by atoms with E-state index < -0.39 is 32.4 Å². The predicted octanol–water partition coefficient (Wildman–Crippen LogP) is 0.175. The van der Waals surface area contributed by atoms with E-state index in [1.807, 2.05) is 0 Å². The molecule has 1 aliphatic rings. The fourth-order valence-corrected chi connectivity index (χ4v) is 1.22. The van der Waals surface area contributed by atoms with Crippen LogP contribution < -0.4 is 0 Å². The maximum absolute atomic E-state index is 10.5. The summed E-state index contributed by atoms with van der Waals surface area (Å²) in [5.41, 5.74) is -0.910. The molecule has 1 aliphatic carbocycles. The van der Waals surface area contributed by atoms with Gasteiger partial charge in [-0.05, 0) is 17.7 Å². The average molecular weight is 237 g/mol. The van der Waals surface area contributed by atoms with E-state index >= 15 is 0 Å². The summed E-state index contributed by atoms with van der Waals surface area (Å²) < 4.78 is 0. The minimum absolute atomic E-state index is 0.754. The molecule has 0 spiro atoms. The van der Waals surface area contributed by atoms with Gasteiger partial charge in [0, 0.05) is 6.08 Å². The van der Waals surface area contributed by atoms with Crippen molar-refractivity contribution in [3.8, 4) is 0 Å². The van der Waals surface area contributed by atoms with Crippen molar-refractivity contribution in [3.63, 3.8) is 0 Å². The zero-order valence-corrected chi connectivity index (χ0v) is 7.79. The molecule has 0 aliphatic heterocycles. The first-order valence-corrected chi connectivity index (χ1v) is 3.97. The van der Waals surface area contributed by atoms with Gasteiger partial charge < -0.3 is 10.2 Å². The quantitative estimate of drug-likeness (QED) is 0.305. The van der Waals surface area contributed by atoms with Crippen molar-refractivity contribution in [1.29, 1.82) is 0 Å². The molecule has 0 amide bonds. The maximum Gasteiger partial charge on any atom is 0.386 e. The van der Waals surface area contributed by atoms with Crippen LogP contribution in [0.2, 0.25) is 0 Å². The Hall–Kier alpha value is -1.67. The van der Waals surface area contributed by atoms with Crippen molar-refractivity contribution in [2.24, 2.45) is 0 Å². The smallest absolute Gasteiger partial charge is 0.386 e. The predicted molar refractivity (Wildman–Crippen MR) is 47.4 cm³/mol. The van der Waals surface area contributed by atoms with E-state index in [-0.39, 0.29) is 0 Å². The summed E-state index contributed by atoms with van der Waals surface area (Å²) in [5, 5.41) is 39.3. The van der Waals surface area contributed by atoms with Crippen LogP contribution in [-0.4, -0.2) is 31.2 Å². The number of hydrogen-bond donors (Lipinski definition) is 2. The van der Waals surface area contributed by atoms with E-state index in [4.69, 9.17) is 11.6 Å². The third kappa shape index (κ3) is 1.53. The molecule has 0 aromatic carbocycles. The molecule has 82 valence electrons. The standard InChI is InChI=1S/C6H5ClN2O6/c7-6(9(14)15)4(10)2-1-3(5(6)11)8(12)13/h1-2,4,10-11H. The lowest BCUT2D eigenvalue weighted by Crippen LogP contribution is -2.47. The van der Waals surface area contributed by atoms with Gasteiger partial charge in [-0.25, -0.2) is 0 Å². The van der Waals surface area contributed by atoms with Crippen LogP contribution in [0.4, 0.5) is 0 Å². The Bertz CT molecular complexity index is 391. The van der Waals surface area contributed by atoms with Crippen molar-refractivity contribution in [2.45, 2.75) is 11.1 Å². The third-order valence-electron chi connectivity index (χ3n) is 1.87. The van der Waals surface area contributed by atoms with E-state index in [2.05, 4.69) is 0 Å². The summed E-state index contributed by atoms with van der Waals surface area (Å²) in [6, 6.07) is 0. The highest BCUT2D eigenvalue weighted by atomic mass is 35.5. The van der Waals surface area contributed by atoms with Crippen molar-refractivity contribution in [1.82, 2.24) is 0 Å². The number of allylic oxidation sites excluding steroid dienone is 1. The lowest BCUT2D eigenvalue weighted by atomic mass is 10.0. The number of aliphatic hydroxyl groups is 2. The molecule has 8 nitrogen and oxygen atoms in total. The van der Waals surface area contributed by atoms with E-state index in [0.717, 1.165) is 12.2 Å². The van der Waals surface area contributed by atoms with E-state index in [0.29, 0.717) is 0 Å². The van der Waals surface area contributed by atoms with Gasteiger partial charge in [0.2, 0.25) is 0 Å². The van der Waals surface area contributed by atoms with Crippen molar-refractivity contribution in [2.75, 3.05) is 0 Å². The van der Waals surface area contributed by atoms with Crippen LogP contribution >= 0.6 is 11.6 Å². The third-order valence-corrected chi connectivity index (χ3v) is 2.41. The van der Waals surface area contributed by atoms with Crippen molar-refractivity contribution < 1.29 is 20.1 Å². The van der Waals surface area contributed by atoms with Gasteiger partial charge in [0.1, 0.15) is 0 Å². The van der Waals surface area contributed by atoms with Crippen LogP contribution in [0, 0.1) is 20.2 Å². The molecule has 0 fully saturated rings. The number of nitro groups is 2. The van der Waals surface area contributed by atoms with Crippen molar-refractivity contribution in [3.05, 3.63) is 43.8 Å². The van der Waals surface area contributed by atoms with Crippen LogP contribution in [0.25, 0.3) is 0 Å². The maximum atomic E-state index is 10.5. The molecule has 9 heteroatoms. The lowest BCUT2D eigenvalue weighted by Gasteiger charge is -2.22. The molecule has 15 heavy (non-hydrogen) atoms. The topological polar surface area (TPSA) is 127 Å². The van der Waals surface area contributed by atoms with Gasteiger partial charge in [-0.15, -0.1) is 0 Å². The molecule has 0 saturated heterocycles. The highest BCUT2D eigenvalue weighted by Crippen LogP contribution is 2.34. The van der Waals surface area contributed by atoms with Crippen molar-refractivity contribution >= 4 is 11.6 Å². The number of nitrogens with zero attached hydrogens (tertiary/aromatic N) is 2. The van der Waals surface area contributed by atoms with Gasteiger partial charge in [-0.1, -0.05) is 0 Å². The van der Waals surface area contributed by atoms with E-state index in [1.54, 1.807) is 0 Å². The second kappa shape index (κ2) is 3.48. The highest BCUT2D eigenvalue weighted by molar-refractivity contribution is 6.25. The minimum Gasteiger partial charge on any atom is -0.500 e. The van der Waals surface area contributed by atoms with Crippen LogP contribution in [-0.2, 0) is 0 Å². The Balaban J connectivity index is 3.35. The molecule has 0 radical (unpaired) electrons. The first-order chi connectivity index (χ1) is 6.81. The molecular weight excluding hydrogens is 232 g/mol. The first kappa shape index (κ1) is 11.4. The monoisotopic (exact) mass is 236 g/mol. The number of alkyl halides is 1. The molecular formula is C6H5ClN2O6. The van der Waals surface area contributed by atoms with Crippen LogP contribution in [0.1, 0.15) is 0 Å². The van der Waals surface area contributed by atoms with Gasteiger partial charge in [0.25, 0.3) is 5.76 Å². The Morgan fingerprint density at radius 1 is 1.47 bits per heavy atom. The molecule has 2 atom stereocenters. The van der Waals surface area contributed by atoms with Gasteiger partial charge in [0.15, 0.2) is 6.10 Å².